The van der Waals surface area contributed by atoms with Crippen LogP contribution in [0.5, 0.6) is 0 Å². The van der Waals surface area contributed by atoms with Crippen molar-refractivity contribution in [2.75, 3.05) is 0 Å². The van der Waals surface area contributed by atoms with Crippen LogP contribution in [-0.2, 0) is 21.1 Å². The summed E-state index contributed by atoms with van der Waals surface area (Å²) in [6, 6.07) is 9.51. The summed E-state index contributed by atoms with van der Waals surface area (Å²) in [5.41, 5.74) is 4.51. The Kier molecular flexibility index (Phi) is 6.76. The molecule has 0 radical (unpaired) electrons. The number of rotatable bonds is 6. The summed E-state index contributed by atoms with van der Waals surface area (Å²) in [5.74, 6) is 0. The minimum absolute atomic E-state index is 0.0840. The highest BCUT2D eigenvalue weighted by Gasteiger charge is 2.37. The van der Waals surface area contributed by atoms with E-state index in [9.17, 15) is 13.5 Å². The van der Waals surface area contributed by atoms with Crippen LogP contribution in [0.1, 0.15) is 61.6 Å². The van der Waals surface area contributed by atoms with Gasteiger partial charge >= 0.3 is 0 Å². The third-order valence-corrected chi connectivity index (χ3v) is 13.3. The second kappa shape index (κ2) is 8.69. The fraction of sp³-hybridized carbons (Fsp3) is 0.462. The lowest BCUT2D eigenvalue weighted by Gasteiger charge is -2.36. The van der Waals surface area contributed by atoms with Gasteiger partial charge in [0.25, 0.3) is 10.0 Å². The first-order valence-electron chi connectivity index (χ1n) is 11.4. The SMILES string of the molecule is Cc1cc(C)c(S(=O)(=O)n2cc(C(C)O)c3ccc(CO[Si](C)(C)C(C)(C)C)cc32)c(C)c1. The van der Waals surface area contributed by atoms with E-state index in [2.05, 4.69) is 33.9 Å². The summed E-state index contributed by atoms with van der Waals surface area (Å²) in [7, 11) is -5.82. The maximum Gasteiger partial charge on any atom is 0.268 e. The Balaban J connectivity index is 2.17. The van der Waals surface area contributed by atoms with Gasteiger partial charge in [-0.15, -0.1) is 0 Å². The molecule has 0 bridgehead atoms. The van der Waals surface area contributed by atoms with E-state index in [1.807, 2.05) is 51.1 Å². The number of benzene rings is 2. The Morgan fingerprint density at radius 1 is 1.06 bits per heavy atom. The largest absolute Gasteiger partial charge is 0.413 e. The zero-order valence-electron chi connectivity index (χ0n) is 21.3. The van der Waals surface area contributed by atoms with Crippen LogP contribution in [0.2, 0.25) is 18.1 Å². The van der Waals surface area contributed by atoms with E-state index in [0.717, 1.165) is 16.5 Å². The lowest BCUT2D eigenvalue weighted by Crippen LogP contribution is -2.40. The van der Waals surface area contributed by atoms with Gasteiger partial charge in [-0.2, -0.15) is 0 Å². The quantitative estimate of drug-likeness (QED) is 0.410. The van der Waals surface area contributed by atoms with Crippen molar-refractivity contribution in [3.63, 3.8) is 0 Å². The fourth-order valence-electron chi connectivity index (χ4n) is 4.04. The van der Waals surface area contributed by atoms with E-state index in [0.29, 0.717) is 33.7 Å². The van der Waals surface area contributed by atoms with Gasteiger partial charge in [-0.05, 0) is 68.6 Å². The molecule has 1 atom stereocenters. The molecule has 7 heteroatoms. The Hall–Kier alpha value is -1.93. The minimum Gasteiger partial charge on any atom is -0.413 e. The molecule has 180 valence electrons. The van der Waals surface area contributed by atoms with Crippen LogP contribution in [0.25, 0.3) is 10.9 Å². The molecule has 0 fully saturated rings. The number of aromatic nitrogens is 1. The fourth-order valence-corrected chi connectivity index (χ4v) is 6.79. The zero-order chi connectivity index (χ0) is 24.9. The van der Waals surface area contributed by atoms with Crippen molar-refractivity contribution in [3.8, 4) is 0 Å². The van der Waals surface area contributed by atoms with Crippen molar-refractivity contribution < 1.29 is 18.0 Å². The first-order chi connectivity index (χ1) is 15.1. The highest BCUT2D eigenvalue weighted by Crippen LogP contribution is 2.38. The third-order valence-electron chi connectivity index (χ3n) is 6.84. The van der Waals surface area contributed by atoms with Crippen molar-refractivity contribution in [3.05, 3.63) is 64.3 Å². The molecule has 0 aliphatic heterocycles. The molecule has 0 spiro atoms. The predicted octanol–water partition coefficient (Wildman–Crippen LogP) is 6.38. The monoisotopic (exact) mass is 487 g/mol. The smallest absolute Gasteiger partial charge is 0.268 e. The highest BCUT2D eigenvalue weighted by atomic mass is 32.2. The molecule has 0 amide bonds. The third kappa shape index (κ3) is 4.82. The number of aliphatic hydroxyl groups excluding tert-OH is 1. The number of nitrogens with zero attached hydrogens (tertiary/aromatic N) is 1. The second-order valence-electron chi connectivity index (χ2n) is 10.7. The van der Waals surface area contributed by atoms with Gasteiger partial charge in [-0.1, -0.05) is 50.6 Å². The molecule has 1 aromatic heterocycles. The summed E-state index contributed by atoms with van der Waals surface area (Å²) in [5, 5.41) is 11.2. The minimum atomic E-state index is -3.87. The van der Waals surface area contributed by atoms with Gasteiger partial charge in [0.05, 0.1) is 23.1 Å². The second-order valence-corrected chi connectivity index (χ2v) is 17.3. The van der Waals surface area contributed by atoms with E-state index in [-0.39, 0.29) is 5.04 Å². The molecule has 5 nitrogen and oxygen atoms in total. The number of hydrogen-bond donors (Lipinski definition) is 1. The van der Waals surface area contributed by atoms with Crippen LogP contribution in [0, 0.1) is 20.8 Å². The molecular weight excluding hydrogens is 450 g/mol. The van der Waals surface area contributed by atoms with Crippen molar-refractivity contribution >= 4 is 29.2 Å². The topological polar surface area (TPSA) is 68.5 Å². The first-order valence-corrected chi connectivity index (χ1v) is 15.7. The molecule has 1 heterocycles. The lowest BCUT2D eigenvalue weighted by molar-refractivity contribution is 0.201. The standard InChI is InChI=1S/C26H37NO4SSi/c1-17-12-18(2)25(19(3)13-17)32(29,30)27-15-23(20(4)28)22-11-10-21(14-24(22)27)16-31-33(8,9)26(5,6)7/h10-15,20,28H,16H2,1-9H3. The van der Waals surface area contributed by atoms with Crippen LogP contribution in [0.3, 0.4) is 0 Å². The van der Waals surface area contributed by atoms with Crippen LogP contribution in [0.4, 0.5) is 0 Å². The van der Waals surface area contributed by atoms with Crippen LogP contribution < -0.4 is 0 Å². The Morgan fingerprint density at radius 2 is 1.64 bits per heavy atom. The molecule has 0 saturated carbocycles. The van der Waals surface area contributed by atoms with Gasteiger partial charge in [0.1, 0.15) is 0 Å². The lowest BCUT2D eigenvalue weighted by atomic mass is 10.1. The summed E-state index contributed by atoms with van der Waals surface area (Å²) in [4.78, 5) is 0.310. The van der Waals surface area contributed by atoms with E-state index in [1.165, 1.54) is 3.97 Å². The molecule has 1 N–H and O–H groups in total. The number of hydrogen-bond acceptors (Lipinski definition) is 4. The summed E-state index contributed by atoms with van der Waals surface area (Å²) < 4.78 is 35.4. The van der Waals surface area contributed by atoms with Gasteiger partial charge in [-0.25, -0.2) is 12.4 Å². The number of aliphatic hydroxyl groups is 1. The molecule has 1 unspecified atom stereocenters. The van der Waals surface area contributed by atoms with Crippen molar-refractivity contribution in [2.24, 2.45) is 0 Å². The number of fused-ring (bicyclic) bond motifs is 1. The maximum absolute atomic E-state index is 13.9. The van der Waals surface area contributed by atoms with Gasteiger partial charge in [0.2, 0.25) is 0 Å². The molecule has 33 heavy (non-hydrogen) atoms. The highest BCUT2D eigenvalue weighted by molar-refractivity contribution is 7.90. The summed E-state index contributed by atoms with van der Waals surface area (Å²) in [6.45, 7) is 18.7. The van der Waals surface area contributed by atoms with Gasteiger partial charge in [-0.3, -0.25) is 0 Å². The normalized spacial score (nSPS) is 14.1. The molecule has 0 aliphatic carbocycles. The average molecular weight is 488 g/mol. The summed E-state index contributed by atoms with van der Waals surface area (Å²) >= 11 is 0. The van der Waals surface area contributed by atoms with E-state index in [1.54, 1.807) is 13.1 Å². The van der Waals surface area contributed by atoms with Crippen LogP contribution in [-0.4, -0.2) is 25.8 Å². The maximum atomic E-state index is 13.9. The van der Waals surface area contributed by atoms with Crippen molar-refractivity contribution in [2.45, 2.75) is 84.2 Å². The van der Waals surface area contributed by atoms with Crippen molar-refractivity contribution in [1.29, 1.82) is 0 Å². The molecule has 0 aliphatic rings. The van der Waals surface area contributed by atoms with E-state index in [4.69, 9.17) is 4.43 Å². The van der Waals surface area contributed by atoms with Gasteiger partial charge < -0.3 is 9.53 Å². The molecule has 0 saturated heterocycles. The van der Waals surface area contributed by atoms with E-state index < -0.39 is 24.4 Å². The Bertz CT molecular complexity index is 1270. The first kappa shape index (κ1) is 25.7. The molecule has 3 rings (SSSR count). The predicted molar refractivity (Wildman–Crippen MR) is 138 cm³/mol. The van der Waals surface area contributed by atoms with Gasteiger partial charge in [0.15, 0.2) is 8.32 Å². The van der Waals surface area contributed by atoms with Gasteiger partial charge in [0, 0.05) is 17.1 Å². The van der Waals surface area contributed by atoms with Crippen molar-refractivity contribution in [1.82, 2.24) is 3.97 Å². The summed E-state index contributed by atoms with van der Waals surface area (Å²) in [6.07, 6.45) is 0.764. The molecule has 2 aromatic carbocycles. The van der Waals surface area contributed by atoms with E-state index >= 15 is 0 Å². The Labute approximate surface area is 199 Å². The average Bonchev–Trinajstić information content (AvgIpc) is 3.04. The van der Waals surface area contributed by atoms with Crippen LogP contribution >= 0.6 is 0 Å². The zero-order valence-corrected chi connectivity index (χ0v) is 23.1. The molecule has 3 aromatic rings. The number of aryl methyl sites for hydroxylation is 3. The Morgan fingerprint density at radius 3 is 2.15 bits per heavy atom. The van der Waals surface area contributed by atoms with Crippen LogP contribution in [0.15, 0.2) is 41.4 Å². The molecular formula is C26H37NO4SSi.